The molecule has 3 rings (SSSR count). The summed E-state index contributed by atoms with van der Waals surface area (Å²) in [5.74, 6) is -0.711. The summed E-state index contributed by atoms with van der Waals surface area (Å²) in [6.45, 7) is 1.64. The van der Waals surface area contributed by atoms with Gasteiger partial charge >= 0.3 is 0 Å². The van der Waals surface area contributed by atoms with Gasteiger partial charge in [0.2, 0.25) is 5.91 Å². The van der Waals surface area contributed by atoms with E-state index in [0.717, 1.165) is 6.42 Å². The molecule has 0 spiro atoms. The standard InChI is InChI=1S/C23H29F2N5O.HI/c1-29(2)21(31)15-27-23(26-13-11-17-7-4-3-5-8-17)28-18-12-14-30(16-18)22-19(24)9-6-10-20(22)25;/h3-10,18H,11-16H2,1-2H3,(H2,26,27,28);1H. The van der Waals surface area contributed by atoms with Gasteiger partial charge in [0.15, 0.2) is 5.96 Å². The van der Waals surface area contributed by atoms with Gasteiger partial charge in [-0.2, -0.15) is 0 Å². The largest absolute Gasteiger partial charge is 0.365 e. The van der Waals surface area contributed by atoms with Crippen molar-refractivity contribution < 1.29 is 13.6 Å². The molecule has 32 heavy (non-hydrogen) atoms. The Morgan fingerprint density at radius 2 is 1.81 bits per heavy atom. The summed E-state index contributed by atoms with van der Waals surface area (Å²) >= 11 is 0. The molecule has 0 aliphatic carbocycles. The fraction of sp³-hybridized carbons (Fsp3) is 0.391. The molecule has 174 valence electrons. The Morgan fingerprint density at radius 1 is 1.12 bits per heavy atom. The normalized spacial score (nSPS) is 15.8. The molecule has 1 saturated heterocycles. The van der Waals surface area contributed by atoms with Gasteiger partial charge in [-0.1, -0.05) is 36.4 Å². The molecule has 6 nitrogen and oxygen atoms in total. The van der Waals surface area contributed by atoms with E-state index in [-0.39, 0.29) is 48.2 Å². The third kappa shape index (κ3) is 7.32. The van der Waals surface area contributed by atoms with Crippen LogP contribution in [0.5, 0.6) is 0 Å². The lowest BCUT2D eigenvalue weighted by Gasteiger charge is -2.21. The molecule has 0 radical (unpaired) electrons. The van der Waals surface area contributed by atoms with Crippen LogP contribution in [0.25, 0.3) is 0 Å². The van der Waals surface area contributed by atoms with E-state index in [9.17, 15) is 13.6 Å². The van der Waals surface area contributed by atoms with E-state index in [2.05, 4.69) is 27.8 Å². The van der Waals surface area contributed by atoms with Crippen LogP contribution >= 0.6 is 24.0 Å². The number of carbonyl (C=O) groups is 1. The van der Waals surface area contributed by atoms with Crippen LogP contribution in [0.3, 0.4) is 0 Å². The van der Waals surface area contributed by atoms with Crippen LogP contribution in [0.1, 0.15) is 12.0 Å². The lowest BCUT2D eigenvalue weighted by Crippen LogP contribution is -2.45. The molecule has 1 fully saturated rings. The lowest BCUT2D eigenvalue weighted by atomic mass is 10.1. The number of hydrogen-bond acceptors (Lipinski definition) is 3. The monoisotopic (exact) mass is 557 g/mol. The number of guanidine groups is 1. The molecular weight excluding hydrogens is 527 g/mol. The maximum Gasteiger partial charge on any atom is 0.243 e. The molecule has 9 heteroatoms. The molecule has 0 saturated carbocycles. The molecule has 1 aliphatic rings. The average Bonchev–Trinajstić information content (AvgIpc) is 3.20. The first-order valence-corrected chi connectivity index (χ1v) is 10.4. The molecule has 1 aliphatic heterocycles. The van der Waals surface area contributed by atoms with E-state index in [4.69, 9.17) is 0 Å². The van der Waals surface area contributed by atoms with Crippen molar-refractivity contribution in [2.75, 3.05) is 45.2 Å². The molecular formula is C23H30F2IN5O. The third-order valence-corrected chi connectivity index (χ3v) is 5.20. The van der Waals surface area contributed by atoms with Crippen LogP contribution in [-0.2, 0) is 11.2 Å². The van der Waals surface area contributed by atoms with E-state index >= 15 is 0 Å². The number of benzene rings is 2. The Labute approximate surface area is 205 Å². The Hall–Kier alpha value is -2.43. The van der Waals surface area contributed by atoms with Crippen LogP contribution in [-0.4, -0.2) is 63.1 Å². The minimum absolute atomic E-state index is 0. The molecule has 1 unspecified atom stereocenters. The number of anilines is 1. The molecule has 2 N–H and O–H groups in total. The highest BCUT2D eigenvalue weighted by Gasteiger charge is 2.27. The minimum atomic E-state index is -0.563. The molecule has 2 aromatic rings. The van der Waals surface area contributed by atoms with E-state index in [1.165, 1.54) is 28.7 Å². The fourth-order valence-electron chi connectivity index (χ4n) is 3.48. The number of aliphatic imine (C=N–C) groups is 1. The maximum atomic E-state index is 14.1. The zero-order valence-corrected chi connectivity index (χ0v) is 20.7. The van der Waals surface area contributed by atoms with Gasteiger partial charge in [0.25, 0.3) is 0 Å². The Kier molecular flexibility index (Phi) is 10.1. The highest BCUT2D eigenvalue weighted by atomic mass is 127. The van der Waals surface area contributed by atoms with E-state index in [1.54, 1.807) is 19.0 Å². The first-order valence-electron chi connectivity index (χ1n) is 10.4. The molecule has 0 aromatic heterocycles. The van der Waals surface area contributed by atoms with Crippen LogP contribution in [0, 0.1) is 11.6 Å². The van der Waals surface area contributed by atoms with Crippen molar-refractivity contribution in [1.82, 2.24) is 15.5 Å². The lowest BCUT2D eigenvalue weighted by molar-refractivity contribution is -0.127. The van der Waals surface area contributed by atoms with Gasteiger partial charge < -0.3 is 20.4 Å². The quantitative estimate of drug-likeness (QED) is 0.313. The number of para-hydroxylation sites is 1. The fourth-order valence-corrected chi connectivity index (χ4v) is 3.48. The van der Waals surface area contributed by atoms with Crippen molar-refractivity contribution in [1.29, 1.82) is 0 Å². The highest BCUT2D eigenvalue weighted by molar-refractivity contribution is 14.0. The molecule has 0 bridgehead atoms. The van der Waals surface area contributed by atoms with Crippen molar-refractivity contribution in [3.05, 3.63) is 65.7 Å². The second-order valence-corrected chi connectivity index (χ2v) is 7.76. The number of likely N-dealkylation sites (N-methyl/N-ethyl adjacent to an activating group) is 1. The predicted octanol–water partition coefficient (Wildman–Crippen LogP) is 3.03. The third-order valence-electron chi connectivity index (χ3n) is 5.20. The number of nitrogens with zero attached hydrogens (tertiary/aromatic N) is 3. The summed E-state index contributed by atoms with van der Waals surface area (Å²) in [6, 6.07) is 13.9. The summed E-state index contributed by atoms with van der Waals surface area (Å²) < 4.78 is 28.2. The second-order valence-electron chi connectivity index (χ2n) is 7.76. The van der Waals surface area contributed by atoms with Gasteiger partial charge in [0.05, 0.1) is 0 Å². The average molecular weight is 557 g/mol. The summed E-state index contributed by atoms with van der Waals surface area (Å²) in [4.78, 5) is 19.6. The van der Waals surface area contributed by atoms with E-state index in [1.807, 2.05) is 18.2 Å². The second kappa shape index (κ2) is 12.6. The first-order chi connectivity index (χ1) is 14.9. The number of rotatable bonds is 7. The van der Waals surface area contributed by atoms with Crippen LogP contribution < -0.4 is 15.5 Å². The summed E-state index contributed by atoms with van der Waals surface area (Å²) in [7, 11) is 3.37. The maximum absolute atomic E-state index is 14.1. The van der Waals surface area contributed by atoms with Gasteiger partial charge in [-0.3, -0.25) is 4.79 Å². The van der Waals surface area contributed by atoms with E-state index in [0.29, 0.717) is 32.0 Å². The minimum Gasteiger partial charge on any atom is -0.365 e. The van der Waals surface area contributed by atoms with E-state index < -0.39 is 11.6 Å². The Bertz CT molecular complexity index is 890. The number of amides is 1. The SMILES string of the molecule is CN(C)C(=O)CN=C(NCCc1ccccc1)NC1CCN(c2c(F)cccc2F)C1.I. The van der Waals surface area contributed by atoms with Gasteiger partial charge in [0, 0.05) is 39.8 Å². The number of hydrogen-bond donors (Lipinski definition) is 2. The molecule has 2 aromatic carbocycles. The smallest absolute Gasteiger partial charge is 0.243 e. The molecule has 1 atom stereocenters. The van der Waals surface area contributed by atoms with Crippen molar-refractivity contribution >= 4 is 41.5 Å². The number of halogens is 3. The predicted molar refractivity (Wildman–Crippen MR) is 135 cm³/mol. The first kappa shape index (κ1) is 25.8. The number of nitrogens with one attached hydrogen (secondary N) is 2. The van der Waals surface area contributed by atoms with Gasteiger partial charge in [-0.05, 0) is 30.5 Å². The summed E-state index contributed by atoms with van der Waals surface area (Å²) in [6.07, 6.45) is 1.51. The summed E-state index contributed by atoms with van der Waals surface area (Å²) in [5.41, 5.74) is 1.20. The van der Waals surface area contributed by atoms with Crippen LogP contribution in [0.15, 0.2) is 53.5 Å². The highest BCUT2D eigenvalue weighted by Crippen LogP contribution is 2.26. The summed E-state index contributed by atoms with van der Waals surface area (Å²) in [5, 5.41) is 6.59. The Morgan fingerprint density at radius 3 is 2.47 bits per heavy atom. The van der Waals surface area contributed by atoms with Crippen molar-refractivity contribution in [3.63, 3.8) is 0 Å². The zero-order chi connectivity index (χ0) is 22.2. The van der Waals surface area contributed by atoms with Crippen molar-refractivity contribution in [2.24, 2.45) is 4.99 Å². The van der Waals surface area contributed by atoms with Crippen molar-refractivity contribution in [2.45, 2.75) is 18.9 Å². The van der Waals surface area contributed by atoms with Gasteiger partial charge in [-0.15, -0.1) is 24.0 Å². The topological polar surface area (TPSA) is 60.0 Å². The Balaban J connectivity index is 0.00000363. The molecule has 1 heterocycles. The van der Waals surface area contributed by atoms with Crippen LogP contribution in [0.2, 0.25) is 0 Å². The zero-order valence-electron chi connectivity index (χ0n) is 18.4. The molecule has 1 amide bonds. The van der Waals surface area contributed by atoms with Crippen molar-refractivity contribution in [3.8, 4) is 0 Å². The van der Waals surface area contributed by atoms with Gasteiger partial charge in [-0.25, -0.2) is 13.8 Å². The van der Waals surface area contributed by atoms with Gasteiger partial charge in [0.1, 0.15) is 23.9 Å². The number of carbonyl (C=O) groups excluding carboxylic acids is 1. The van der Waals surface area contributed by atoms with Crippen LogP contribution in [0.4, 0.5) is 14.5 Å².